The zero-order valence-corrected chi connectivity index (χ0v) is 15.9. The first kappa shape index (κ1) is 19.5. The van der Waals surface area contributed by atoms with Gasteiger partial charge in [-0.2, -0.15) is 0 Å². The van der Waals surface area contributed by atoms with Gasteiger partial charge in [-0.05, 0) is 48.4 Å². The van der Waals surface area contributed by atoms with Gasteiger partial charge in [-0.15, -0.1) is 0 Å². The maximum absolute atomic E-state index is 13.1. The van der Waals surface area contributed by atoms with Gasteiger partial charge in [-0.25, -0.2) is 0 Å². The molecule has 2 heterocycles. The number of ether oxygens (including phenoxy) is 1. The summed E-state index contributed by atoms with van der Waals surface area (Å²) in [6.07, 6.45) is 6.41. The van der Waals surface area contributed by atoms with Crippen LogP contribution in [0.5, 0.6) is 0 Å². The minimum absolute atomic E-state index is 0.0306. The topological polar surface area (TPSA) is 71.5 Å². The van der Waals surface area contributed by atoms with Crippen molar-refractivity contribution in [3.63, 3.8) is 0 Å². The number of pyridine rings is 1. The highest BCUT2D eigenvalue weighted by Gasteiger charge is 2.40. The van der Waals surface area contributed by atoms with Crippen molar-refractivity contribution < 1.29 is 14.6 Å². The van der Waals surface area contributed by atoms with E-state index >= 15 is 0 Å². The van der Waals surface area contributed by atoms with Gasteiger partial charge >= 0.3 is 0 Å². The molecule has 1 atom stereocenters. The summed E-state index contributed by atoms with van der Waals surface area (Å²) in [7, 11) is 0. The monoisotopic (exact) mass is 368 g/mol. The first-order valence-electron chi connectivity index (χ1n) is 9.66. The van der Waals surface area contributed by atoms with E-state index in [9.17, 15) is 9.90 Å². The van der Waals surface area contributed by atoms with E-state index in [4.69, 9.17) is 4.74 Å². The Labute approximate surface area is 160 Å². The molecule has 0 saturated carbocycles. The molecule has 3 rings (SSSR count). The van der Waals surface area contributed by atoms with Crippen LogP contribution in [0.3, 0.4) is 0 Å². The van der Waals surface area contributed by atoms with Crippen LogP contribution in [0.2, 0.25) is 0 Å². The van der Waals surface area contributed by atoms with Crippen molar-refractivity contribution in [2.45, 2.75) is 38.6 Å². The zero-order valence-electron chi connectivity index (χ0n) is 15.9. The van der Waals surface area contributed by atoms with E-state index in [0.29, 0.717) is 38.9 Å². The normalized spacial score (nSPS) is 17.3. The number of rotatable bonds is 7. The molecule has 5 heteroatoms. The van der Waals surface area contributed by atoms with Gasteiger partial charge in [0.05, 0.1) is 18.1 Å². The smallest absolute Gasteiger partial charge is 0.227 e. The number of hydrogen-bond donors (Lipinski definition) is 2. The second kappa shape index (κ2) is 9.11. The lowest BCUT2D eigenvalue weighted by Gasteiger charge is -2.37. The van der Waals surface area contributed by atoms with E-state index in [1.54, 1.807) is 6.20 Å². The number of carbonyl (C=O) groups is 1. The van der Waals surface area contributed by atoms with Crippen LogP contribution in [0.4, 0.5) is 0 Å². The van der Waals surface area contributed by atoms with Gasteiger partial charge in [0.25, 0.3) is 0 Å². The second-order valence-electron chi connectivity index (χ2n) is 7.27. The van der Waals surface area contributed by atoms with Crippen molar-refractivity contribution in [3.8, 4) is 11.1 Å². The molecule has 2 N–H and O–H groups in total. The number of aliphatic hydroxyl groups is 1. The highest BCUT2D eigenvalue weighted by molar-refractivity contribution is 5.83. The Bertz CT molecular complexity index is 721. The maximum Gasteiger partial charge on any atom is 0.227 e. The van der Waals surface area contributed by atoms with Crippen molar-refractivity contribution >= 4 is 5.91 Å². The molecule has 0 aliphatic carbocycles. The third-order valence-corrected chi connectivity index (χ3v) is 5.47. The second-order valence-corrected chi connectivity index (χ2v) is 7.27. The number of nitrogens with zero attached hydrogens (tertiary/aromatic N) is 1. The number of aliphatic hydroxyl groups excluding tert-OH is 1. The van der Waals surface area contributed by atoms with Gasteiger partial charge in [-0.3, -0.25) is 9.78 Å². The number of amides is 1. The molecule has 2 aromatic rings. The van der Waals surface area contributed by atoms with Gasteiger partial charge in [0.15, 0.2) is 0 Å². The highest BCUT2D eigenvalue weighted by Crippen LogP contribution is 2.35. The summed E-state index contributed by atoms with van der Waals surface area (Å²) in [5.41, 5.74) is 2.85. The molecule has 1 fully saturated rings. The zero-order chi connectivity index (χ0) is 19.1. The van der Waals surface area contributed by atoms with Crippen LogP contribution < -0.4 is 5.32 Å². The summed E-state index contributed by atoms with van der Waals surface area (Å²) in [4.78, 5) is 17.2. The Kier molecular flexibility index (Phi) is 6.58. The SMILES string of the molecule is CC[C@@H](CO)NC(=O)C1(Cc2ccc(-c3cccnc3)cc2)CCOCC1. The Morgan fingerprint density at radius 2 is 1.96 bits per heavy atom. The average Bonchev–Trinajstić information content (AvgIpc) is 2.73. The molecule has 0 bridgehead atoms. The van der Waals surface area contributed by atoms with E-state index in [0.717, 1.165) is 16.7 Å². The van der Waals surface area contributed by atoms with E-state index < -0.39 is 5.41 Å². The minimum Gasteiger partial charge on any atom is -0.394 e. The summed E-state index contributed by atoms with van der Waals surface area (Å²) in [6, 6.07) is 12.1. The average molecular weight is 368 g/mol. The molecule has 1 aliphatic heterocycles. The quantitative estimate of drug-likeness (QED) is 0.788. The summed E-state index contributed by atoms with van der Waals surface area (Å²) in [5.74, 6) is 0.0306. The fraction of sp³-hybridized carbons (Fsp3) is 0.455. The Morgan fingerprint density at radius 1 is 1.22 bits per heavy atom. The number of hydrogen-bond acceptors (Lipinski definition) is 4. The summed E-state index contributed by atoms with van der Waals surface area (Å²) in [5, 5.41) is 12.5. The molecule has 27 heavy (non-hydrogen) atoms. The van der Waals surface area contributed by atoms with E-state index in [1.165, 1.54) is 0 Å². The Balaban J connectivity index is 1.77. The molecule has 0 spiro atoms. The predicted octanol–water partition coefficient (Wildman–Crippen LogP) is 2.98. The van der Waals surface area contributed by atoms with Crippen LogP contribution >= 0.6 is 0 Å². The standard InChI is InChI=1S/C22H28N2O3/c1-2-20(16-25)24-21(26)22(9-12-27-13-10-22)14-17-5-7-18(8-6-17)19-4-3-11-23-15-19/h3-8,11,15,20,25H,2,9-10,12-14,16H2,1H3,(H,24,26)/t20-/m0/s1. The molecule has 1 saturated heterocycles. The van der Waals surface area contributed by atoms with Crippen LogP contribution in [-0.4, -0.2) is 41.9 Å². The van der Waals surface area contributed by atoms with Crippen LogP contribution in [0.25, 0.3) is 11.1 Å². The molecule has 5 nitrogen and oxygen atoms in total. The van der Waals surface area contributed by atoms with Gasteiger partial charge in [0, 0.05) is 25.6 Å². The van der Waals surface area contributed by atoms with E-state index in [1.807, 2.05) is 25.3 Å². The van der Waals surface area contributed by atoms with Crippen LogP contribution in [0.15, 0.2) is 48.8 Å². The van der Waals surface area contributed by atoms with Gasteiger partial charge in [0.2, 0.25) is 5.91 Å². The summed E-state index contributed by atoms with van der Waals surface area (Å²) < 4.78 is 5.51. The number of aromatic nitrogens is 1. The fourth-order valence-electron chi connectivity index (χ4n) is 3.60. The molecule has 1 aromatic carbocycles. The molecule has 0 radical (unpaired) electrons. The first-order chi connectivity index (χ1) is 13.2. The third kappa shape index (κ3) is 4.73. The highest BCUT2D eigenvalue weighted by atomic mass is 16.5. The Morgan fingerprint density at radius 3 is 2.56 bits per heavy atom. The van der Waals surface area contributed by atoms with Crippen LogP contribution in [0.1, 0.15) is 31.7 Å². The molecule has 1 aromatic heterocycles. The van der Waals surface area contributed by atoms with Crippen LogP contribution in [0, 0.1) is 5.41 Å². The number of benzene rings is 1. The molecule has 1 amide bonds. The number of carbonyl (C=O) groups excluding carboxylic acids is 1. The third-order valence-electron chi connectivity index (χ3n) is 5.47. The van der Waals surface area contributed by atoms with Crippen molar-refractivity contribution in [1.29, 1.82) is 0 Å². The van der Waals surface area contributed by atoms with Gasteiger partial charge in [0.1, 0.15) is 0 Å². The molecular weight excluding hydrogens is 340 g/mol. The molecular formula is C22H28N2O3. The van der Waals surface area contributed by atoms with Crippen molar-refractivity contribution in [3.05, 3.63) is 54.4 Å². The summed E-state index contributed by atoms with van der Waals surface area (Å²) in [6.45, 7) is 3.12. The minimum atomic E-state index is -0.476. The van der Waals surface area contributed by atoms with Crippen molar-refractivity contribution in [2.24, 2.45) is 5.41 Å². The molecule has 144 valence electrons. The maximum atomic E-state index is 13.1. The lowest BCUT2D eigenvalue weighted by molar-refractivity contribution is -0.137. The summed E-state index contributed by atoms with van der Waals surface area (Å²) >= 11 is 0. The predicted molar refractivity (Wildman–Crippen MR) is 105 cm³/mol. The van der Waals surface area contributed by atoms with E-state index in [2.05, 4.69) is 34.6 Å². The van der Waals surface area contributed by atoms with Gasteiger partial charge < -0.3 is 15.2 Å². The molecule has 0 unspecified atom stereocenters. The van der Waals surface area contributed by atoms with Crippen molar-refractivity contribution in [2.75, 3.05) is 19.8 Å². The Hall–Kier alpha value is -2.24. The van der Waals surface area contributed by atoms with Gasteiger partial charge in [-0.1, -0.05) is 37.3 Å². The van der Waals surface area contributed by atoms with Crippen LogP contribution in [-0.2, 0) is 16.0 Å². The lowest BCUT2D eigenvalue weighted by Crippen LogP contribution is -2.50. The largest absolute Gasteiger partial charge is 0.394 e. The molecule has 1 aliphatic rings. The first-order valence-corrected chi connectivity index (χ1v) is 9.66. The number of nitrogens with one attached hydrogen (secondary N) is 1. The fourth-order valence-corrected chi connectivity index (χ4v) is 3.60. The van der Waals surface area contributed by atoms with Crippen molar-refractivity contribution in [1.82, 2.24) is 10.3 Å². The van der Waals surface area contributed by atoms with E-state index in [-0.39, 0.29) is 18.6 Å². The lowest BCUT2D eigenvalue weighted by atomic mass is 9.74.